The average molecular weight is 276 g/mol. The number of carbonyl (C=O) groups is 2. The van der Waals surface area contributed by atoms with Crippen molar-refractivity contribution in [3.05, 3.63) is 30.0 Å². The molecule has 0 bridgehead atoms. The SMILES string of the molecule is COc1cccc2c(C[C@@H](NC(C)=O)C(=O)O)c[nH]c12. The predicted octanol–water partition coefficient (Wildman–Crippen LogP) is 1.31. The number of aromatic nitrogens is 1. The quantitative estimate of drug-likeness (QED) is 0.767. The number of nitrogens with one attached hydrogen (secondary N) is 2. The molecule has 1 aromatic carbocycles. The molecule has 0 fully saturated rings. The summed E-state index contributed by atoms with van der Waals surface area (Å²) in [5.74, 6) is -0.729. The van der Waals surface area contributed by atoms with Crippen molar-refractivity contribution in [2.45, 2.75) is 19.4 Å². The van der Waals surface area contributed by atoms with Crippen LogP contribution in [-0.4, -0.2) is 35.1 Å². The van der Waals surface area contributed by atoms with E-state index in [1.165, 1.54) is 6.92 Å². The number of hydrogen-bond acceptors (Lipinski definition) is 3. The first kappa shape index (κ1) is 13.9. The molecule has 0 aliphatic heterocycles. The maximum absolute atomic E-state index is 11.2. The Morgan fingerprint density at radius 1 is 1.45 bits per heavy atom. The van der Waals surface area contributed by atoms with Gasteiger partial charge in [-0.25, -0.2) is 4.79 Å². The molecule has 3 N–H and O–H groups in total. The number of H-pyrrole nitrogens is 1. The fourth-order valence-corrected chi connectivity index (χ4v) is 2.19. The molecule has 6 heteroatoms. The number of carboxylic acids is 1. The molecule has 2 aromatic rings. The third-order valence-electron chi connectivity index (χ3n) is 3.08. The Balaban J connectivity index is 2.33. The molecule has 1 amide bonds. The number of benzene rings is 1. The highest BCUT2D eigenvalue weighted by Gasteiger charge is 2.20. The minimum atomic E-state index is -1.06. The lowest BCUT2D eigenvalue weighted by Gasteiger charge is -2.12. The summed E-state index contributed by atoms with van der Waals surface area (Å²) in [6, 6.07) is 4.60. The number of aromatic amines is 1. The molecule has 0 saturated carbocycles. The highest BCUT2D eigenvalue weighted by atomic mass is 16.5. The molecule has 1 atom stereocenters. The van der Waals surface area contributed by atoms with Crippen molar-refractivity contribution in [3.8, 4) is 5.75 Å². The lowest BCUT2D eigenvalue weighted by atomic mass is 10.0. The van der Waals surface area contributed by atoms with Gasteiger partial charge in [-0.2, -0.15) is 0 Å². The van der Waals surface area contributed by atoms with Gasteiger partial charge in [0.15, 0.2) is 0 Å². The molecule has 1 heterocycles. The van der Waals surface area contributed by atoms with Crippen molar-refractivity contribution >= 4 is 22.8 Å². The minimum Gasteiger partial charge on any atom is -0.495 e. The normalized spacial score (nSPS) is 12.1. The van der Waals surface area contributed by atoms with E-state index in [1.807, 2.05) is 18.2 Å². The second-order valence-electron chi connectivity index (χ2n) is 4.49. The van der Waals surface area contributed by atoms with Gasteiger partial charge in [0.25, 0.3) is 0 Å². The molecule has 0 radical (unpaired) electrons. The topological polar surface area (TPSA) is 91.4 Å². The van der Waals surface area contributed by atoms with Crippen molar-refractivity contribution in [1.29, 1.82) is 0 Å². The number of rotatable bonds is 5. The Hall–Kier alpha value is -2.50. The van der Waals surface area contributed by atoms with Gasteiger partial charge in [-0.1, -0.05) is 12.1 Å². The van der Waals surface area contributed by atoms with Crippen molar-refractivity contribution in [2.24, 2.45) is 0 Å². The molecular weight excluding hydrogens is 260 g/mol. The van der Waals surface area contributed by atoms with Crippen LogP contribution in [0.5, 0.6) is 5.75 Å². The summed E-state index contributed by atoms with van der Waals surface area (Å²) in [7, 11) is 1.58. The number of carbonyl (C=O) groups excluding carboxylic acids is 1. The second kappa shape index (κ2) is 5.64. The predicted molar refractivity (Wildman–Crippen MR) is 73.8 cm³/mol. The molecular formula is C14H16N2O4. The van der Waals surface area contributed by atoms with E-state index in [1.54, 1.807) is 13.3 Å². The highest BCUT2D eigenvalue weighted by molar-refractivity contribution is 5.89. The summed E-state index contributed by atoms with van der Waals surface area (Å²) >= 11 is 0. The van der Waals surface area contributed by atoms with E-state index in [9.17, 15) is 9.59 Å². The summed E-state index contributed by atoms with van der Waals surface area (Å²) in [6.07, 6.45) is 1.95. The number of aliphatic carboxylic acids is 1. The Labute approximate surface area is 115 Å². The molecule has 0 aliphatic rings. The first-order valence-electron chi connectivity index (χ1n) is 6.15. The first-order valence-corrected chi connectivity index (χ1v) is 6.15. The zero-order valence-electron chi connectivity index (χ0n) is 11.3. The van der Waals surface area contributed by atoms with Crippen molar-refractivity contribution in [2.75, 3.05) is 7.11 Å². The number of methoxy groups -OCH3 is 1. The van der Waals surface area contributed by atoms with Crippen LogP contribution in [-0.2, 0) is 16.0 Å². The van der Waals surface area contributed by atoms with Crippen molar-refractivity contribution in [3.63, 3.8) is 0 Å². The number of ether oxygens (including phenoxy) is 1. The molecule has 106 valence electrons. The Kier molecular flexibility index (Phi) is 3.93. The maximum Gasteiger partial charge on any atom is 0.326 e. The lowest BCUT2D eigenvalue weighted by Crippen LogP contribution is -2.41. The number of para-hydroxylation sites is 1. The van der Waals surface area contributed by atoms with Crippen LogP contribution in [0.25, 0.3) is 10.9 Å². The van der Waals surface area contributed by atoms with Crippen LogP contribution in [0.1, 0.15) is 12.5 Å². The highest BCUT2D eigenvalue weighted by Crippen LogP contribution is 2.27. The van der Waals surface area contributed by atoms with Crippen LogP contribution in [0, 0.1) is 0 Å². The van der Waals surface area contributed by atoms with E-state index in [0.717, 1.165) is 16.5 Å². The standard InChI is InChI=1S/C14H16N2O4/c1-8(17)16-11(14(18)19)6-9-7-15-13-10(9)4-3-5-12(13)20-2/h3-5,7,11,15H,6H2,1-2H3,(H,16,17)(H,18,19)/t11-/m1/s1. The average Bonchev–Trinajstić information content (AvgIpc) is 2.80. The Morgan fingerprint density at radius 2 is 2.20 bits per heavy atom. The van der Waals surface area contributed by atoms with Crippen LogP contribution >= 0.6 is 0 Å². The van der Waals surface area contributed by atoms with Gasteiger partial charge in [-0.05, 0) is 11.6 Å². The van der Waals surface area contributed by atoms with E-state index < -0.39 is 12.0 Å². The van der Waals surface area contributed by atoms with Crippen molar-refractivity contribution < 1.29 is 19.4 Å². The summed E-state index contributed by atoms with van der Waals surface area (Å²) in [5.41, 5.74) is 1.64. The molecule has 0 aliphatic carbocycles. The monoisotopic (exact) mass is 276 g/mol. The van der Waals surface area contributed by atoms with Gasteiger partial charge >= 0.3 is 5.97 Å². The summed E-state index contributed by atoms with van der Waals surface area (Å²) in [5, 5.41) is 12.5. The maximum atomic E-state index is 11.2. The van der Waals surface area contributed by atoms with E-state index in [4.69, 9.17) is 9.84 Å². The van der Waals surface area contributed by atoms with Gasteiger partial charge in [-0.15, -0.1) is 0 Å². The van der Waals surface area contributed by atoms with Gasteiger partial charge < -0.3 is 20.1 Å². The van der Waals surface area contributed by atoms with Gasteiger partial charge in [0, 0.05) is 24.9 Å². The zero-order chi connectivity index (χ0) is 14.7. The number of hydrogen-bond donors (Lipinski definition) is 3. The van der Waals surface area contributed by atoms with Crippen LogP contribution in [0.3, 0.4) is 0 Å². The van der Waals surface area contributed by atoms with Crippen molar-refractivity contribution in [1.82, 2.24) is 10.3 Å². The number of carboxylic acid groups (broad SMARTS) is 1. The molecule has 20 heavy (non-hydrogen) atoms. The van der Waals surface area contributed by atoms with E-state index in [2.05, 4.69) is 10.3 Å². The van der Waals surface area contributed by atoms with Gasteiger partial charge in [0.2, 0.25) is 5.91 Å². The smallest absolute Gasteiger partial charge is 0.326 e. The van der Waals surface area contributed by atoms with Crippen LogP contribution < -0.4 is 10.1 Å². The summed E-state index contributed by atoms with van der Waals surface area (Å²) in [4.78, 5) is 25.3. The zero-order valence-corrected chi connectivity index (χ0v) is 11.3. The van der Waals surface area contributed by atoms with Crippen LogP contribution in [0.15, 0.2) is 24.4 Å². The van der Waals surface area contributed by atoms with Gasteiger partial charge in [0.1, 0.15) is 11.8 Å². The molecule has 0 unspecified atom stereocenters. The lowest BCUT2D eigenvalue weighted by molar-refractivity contribution is -0.141. The first-order chi connectivity index (χ1) is 9.52. The molecule has 6 nitrogen and oxygen atoms in total. The van der Waals surface area contributed by atoms with E-state index in [0.29, 0.717) is 5.75 Å². The fraction of sp³-hybridized carbons (Fsp3) is 0.286. The Morgan fingerprint density at radius 3 is 2.80 bits per heavy atom. The molecule has 2 rings (SSSR count). The van der Waals surface area contributed by atoms with Gasteiger partial charge in [0.05, 0.1) is 12.6 Å². The van der Waals surface area contributed by atoms with Crippen LogP contribution in [0.4, 0.5) is 0 Å². The van der Waals surface area contributed by atoms with E-state index >= 15 is 0 Å². The third-order valence-corrected chi connectivity index (χ3v) is 3.08. The summed E-state index contributed by atoms with van der Waals surface area (Å²) in [6.45, 7) is 1.30. The third kappa shape index (κ3) is 2.74. The largest absolute Gasteiger partial charge is 0.495 e. The fourth-order valence-electron chi connectivity index (χ4n) is 2.19. The number of fused-ring (bicyclic) bond motifs is 1. The Bertz CT molecular complexity index is 648. The molecule has 0 saturated heterocycles. The molecule has 0 spiro atoms. The molecule has 1 aromatic heterocycles. The minimum absolute atomic E-state index is 0.210. The van der Waals surface area contributed by atoms with Gasteiger partial charge in [-0.3, -0.25) is 4.79 Å². The summed E-state index contributed by atoms with van der Waals surface area (Å²) < 4.78 is 5.24. The van der Waals surface area contributed by atoms with E-state index in [-0.39, 0.29) is 12.3 Å². The second-order valence-corrected chi connectivity index (χ2v) is 4.49. The van der Waals surface area contributed by atoms with Crippen LogP contribution in [0.2, 0.25) is 0 Å². The number of amides is 1.